The topological polar surface area (TPSA) is 66.6 Å². The van der Waals surface area contributed by atoms with Crippen molar-refractivity contribution in [2.75, 3.05) is 13.2 Å². The first-order chi connectivity index (χ1) is 7.43. The van der Waals surface area contributed by atoms with E-state index in [1.807, 2.05) is 20.8 Å². The molecule has 4 nitrogen and oxygen atoms in total. The highest BCUT2D eigenvalue weighted by Gasteiger charge is 2.45. The fourth-order valence-corrected chi connectivity index (χ4v) is 2.49. The molecule has 1 saturated carbocycles. The van der Waals surface area contributed by atoms with Gasteiger partial charge in [0.25, 0.3) is 0 Å². The predicted octanol–water partition coefficient (Wildman–Crippen LogP) is 0.733. The van der Waals surface area contributed by atoms with E-state index in [1.165, 1.54) is 0 Å². The lowest BCUT2D eigenvalue weighted by Gasteiger charge is -2.36. The van der Waals surface area contributed by atoms with Crippen molar-refractivity contribution in [2.24, 2.45) is 11.1 Å². The Bertz CT molecular complexity index is 255. The van der Waals surface area contributed by atoms with Crippen LogP contribution in [0.2, 0.25) is 0 Å². The summed E-state index contributed by atoms with van der Waals surface area (Å²) in [5, 5.41) is 9.00. The fourth-order valence-electron chi connectivity index (χ4n) is 2.49. The molecule has 0 spiro atoms. The maximum atomic E-state index is 12.4. The van der Waals surface area contributed by atoms with Gasteiger partial charge >= 0.3 is 0 Å². The summed E-state index contributed by atoms with van der Waals surface area (Å²) in [5.74, 6) is 0.0987. The number of nitrogens with zero attached hydrogens (tertiary/aromatic N) is 1. The van der Waals surface area contributed by atoms with Crippen LogP contribution in [-0.2, 0) is 4.79 Å². The monoisotopic (exact) mass is 228 g/mol. The molecule has 4 heteroatoms. The SMILES string of the molecule is CC(C)N(CCO)C(=O)C1(C)CCCC1N. The zero-order valence-corrected chi connectivity index (χ0v) is 10.6. The lowest BCUT2D eigenvalue weighted by Crippen LogP contribution is -2.52. The Balaban J connectivity index is 2.81. The molecule has 0 radical (unpaired) electrons. The molecule has 0 aliphatic heterocycles. The average molecular weight is 228 g/mol. The van der Waals surface area contributed by atoms with Crippen LogP contribution in [-0.4, -0.2) is 41.1 Å². The van der Waals surface area contributed by atoms with Crippen molar-refractivity contribution in [1.29, 1.82) is 0 Å². The molecule has 1 aliphatic rings. The molecule has 0 saturated heterocycles. The third-order valence-corrected chi connectivity index (χ3v) is 3.74. The van der Waals surface area contributed by atoms with Crippen LogP contribution in [0.25, 0.3) is 0 Å². The van der Waals surface area contributed by atoms with Crippen LogP contribution in [0.1, 0.15) is 40.0 Å². The second-order valence-electron chi connectivity index (χ2n) is 5.23. The Morgan fingerprint density at radius 3 is 2.62 bits per heavy atom. The van der Waals surface area contributed by atoms with Gasteiger partial charge < -0.3 is 15.7 Å². The Labute approximate surface area is 97.8 Å². The lowest BCUT2D eigenvalue weighted by molar-refractivity contribution is -0.144. The van der Waals surface area contributed by atoms with Gasteiger partial charge in [-0.3, -0.25) is 4.79 Å². The van der Waals surface area contributed by atoms with Crippen molar-refractivity contribution in [1.82, 2.24) is 4.90 Å². The molecule has 2 atom stereocenters. The highest BCUT2D eigenvalue weighted by atomic mass is 16.3. The van der Waals surface area contributed by atoms with E-state index >= 15 is 0 Å². The van der Waals surface area contributed by atoms with Crippen molar-refractivity contribution < 1.29 is 9.90 Å². The van der Waals surface area contributed by atoms with Gasteiger partial charge in [-0.1, -0.05) is 6.42 Å². The molecule has 1 fully saturated rings. The van der Waals surface area contributed by atoms with E-state index in [0.717, 1.165) is 19.3 Å². The largest absolute Gasteiger partial charge is 0.395 e. The Morgan fingerprint density at radius 2 is 2.25 bits per heavy atom. The van der Waals surface area contributed by atoms with Gasteiger partial charge in [0.1, 0.15) is 0 Å². The molecule has 0 aromatic carbocycles. The first-order valence-corrected chi connectivity index (χ1v) is 6.11. The number of rotatable bonds is 4. The van der Waals surface area contributed by atoms with Gasteiger partial charge in [0.15, 0.2) is 0 Å². The number of hydrogen-bond acceptors (Lipinski definition) is 3. The summed E-state index contributed by atoms with van der Waals surface area (Å²) in [5.41, 5.74) is 5.61. The molecule has 1 aliphatic carbocycles. The molecule has 0 bridgehead atoms. The van der Waals surface area contributed by atoms with Crippen LogP contribution in [0.15, 0.2) is 0 Å². The predicted molar refractivity (Wildman–Crippen MR) is 63.9 cm³/mol. The first-order valence-electron chi connectivity index (χ1n) is 6.11. The number of carbonyl (C=O) groups excluding carboxylic acids is 1. The van der Waals surface area contributed by atoms with Crippen molar-refractivity contribution in [3.8, 4) is 0 Å². The smallest absolute Gasteiger partial charge is 0.230 e. The second kappa shape index (κ2) is 5.15. The summed E-state index contributed by atoms with van der Waals surface area (Å²) in [4.78, 5) is 14.2. The number of carbonyl (C=O) groups is 1. The van der Waals surface area contributed by atoms with Gasteiger partial charge in [-0.25, -0.2) is 0 Å². The van der Waals surface area contributed by atoms with Crippen LogP contribution in [0, 0.1) is 5.41 Å². The van der Waals surface area contributed by atoms with Crippen LogP contribution in [0.3, 0.4) is 0 Å². The van der Waals surface area contributed by atoms with Crippen molar-refractivity contribution >= 4 is 5.91 Å². The van der Waals surface area contributed by atoms with E-state index < -0.39 is 5.41 Å². The quantitative estimate of drug-likeness (QED) is 0.745. The molecule has 1 rings (SSSR count). The molecule has 0 heterocycles. The number of aliphatic hydroxyl groups excluding tert-OH is 1. The summed E-state index contributed by atoms with van der Waals surface area (Å²) in [6, 6.07) is 0.0733. The van der Waals surface area contributed by atoms with Crippen molar-refractivity contribution in [3.05, 3.63) is 0 Å². The zero-order valence-electron chi connectivity index (χ0n) is 10.6. The summed E-state index contributed by atoms with van der Waals surface area (Å²) >= 11 is 0. The summed E-state index contributed by atoms with van der Waals surface area (Å²) in [6.07, 6.45) is 2.81. The molecular formula is C12H24N2O2. The Kier molecular flexibility index (Phi) is 4.33. The minimum absolute atomic E-state index is 0.00916. The van der Waals surface area contributed by atoms with Crippen LogP contribution in [0.4, 0.5) is 0 Å². The summed E-state index contributed by atoms with van der Waals surface area (Å²) in [7, 11) is 0. The molecule has 2 unspecified atom stereocenters. The number of amides is 1. The van der Waals surface area contributed by atoms with Gasteiger partial charge in [-0.15, -0.1) is 0 Å². The highest BCUT2D eigenvalue weighted by Crippen LogP contribution is 2.38. The number of nitrogens with two attached hydrogens (primary N) is 1. The van der Waals surface area contributed by atoms with Crippen LogP contribution >= 0.6 is 0 Å². The molecule has 3 N–H and O–H groups in total. The minimum Gasteiger partial charge on any atom is -0.395 e. The van der Waals surface area contributed by atoms with Gasteiger partial charge in [-0.2, -0.15) is 0 Å². The standard InChI is InChI=1S/C12H24N2O2/c1-9(2)14(7-8-15)11(16)12(3)6-4-5-10(12)13/h9-10,15H,4-8,13H2,1-3H3. The maximum absolute atomic E-state index is 12.4. The molecule has 16 heavy (non-hydrogen) atoms. The van der Waals surface area contributed by atoms with E-state index in [0.29, 0.717) is 6.54 Å². The third kappa shape index (κ3) is 2.38. The molecular weight excluding hydrogens is 204 g/mol. The van der Waals surface area contributed by atoms with Gasteiger partial charge in [0.2, 0.25) is 5.91 Å². The molecule has 1 amide bonds. The minimum atomic E-state index is -0.431. The highest BCUT2D eigenvalue weighted by molar-refractivity contribution is 5.83. The Morgan fingerprint density at radius 1 is 1.62 bits per heavy atom. The maximum Gasteiger partial charge on any atom is 0.230 e. The van der Waals surface area contributed by atoms with Gasteiger partial charge in [0.05, 0.1) is 12.0 Å². The number of aliphatic hydroxyl groups is 1. The second-order valence-corrected chi connectivity index (χ2v) is 5.23. The first kappa shape index (κ1) is 13.5. The third-order valence-electron chi connectivity index (χ3n) is 3.74. The van der Waals surface area contributed by atoms with E-state index in [1.54, 1.807) is 4.90 Å². The van der Waals surface area contributed by atoms with Crippen molar-refractivity contribution in [3.63, 3.8) is 0 Å². The van der Waals surface area contributed by atoms with E-state index in [-0.39, 0.29) is 24.6 Å². The van der Waals surface area contributed by atoms with Crippen molar-refractivity contribution in [2.45, 2.75) is 52.1 Å². The van der Waals surface area contributed by atoms with E-state index in [2.05, 4.69) is 0 Å². The fraction of sp³-hybridized carbons (Fsp3) is 0.917. The summed E-state index contributed by atoms with van der Waals surface area (Å²) in [6.45, 7) is 6.31. The van der Waals surface area contributed by atoms with Crippen LogP contribution < -0.4 is 5.73 Å². The number of hydrogen-bond donors (Lipinski definition) is 2. The lowest BCUT2D eigenvalue weighted by atomic mass is 9.83. The molecule has 0 aromatic rings. The zero-order chi connectivity index (χ0) is 12.3. The van der Waals surface area contributed by atoms with E-state index in [4.69, 9.17) is 10.8 Å². The van der Waals surface area contributed by atoms with Crippen LogP contribution in [0.5, 0.6) is 0 Å². The van der Waals surface area contributed by atoms with Gasteiger partial charge in [0, 0.05) is 18.6 Å². The molecule has 0 aromatic heterocycles. The van der Waals surface area contributed by atoms with Gasteiger partial charge in [-0.05, 0) is 33.6 Å². The Hall–Kier alpha value is -0.610. The van der Waals surface area contributed by atoms with E-state index in [9.17, 15) is 4.79 Å². The molecule has 94 valence electrons. The normalized spacial score (nSPS) is 29.8. The average Bonchev–Trinajstić information content (AvgIpc) is 2.56. The summed E-state index contributed by atoms with van der Waals surface area (Å²) < 4.78 is 0.